The van der Waals surface area contributed by atoms with Crippen LogP contribution in [0.5, 0.6) is 5.75 Å². The van der Waals surface area contributed by atoms with E-state index in [0.717, 1.165) is 20.8 Å². The zero-order valence-corrected chi connectivity index (χ0v) is 15.5. The van der Waals surface area contributed by atoms with E-state index in [1.165, 1.54) is 24.4 Å². The topological polar surface area (TPSA) is 105 Å². The second kappa shape index (κ2) is 7.96. The van der Waals surface area contributed by atoms with Crippen molar-refractivity contribution in [3.63, 3.8) is 0 Å². The molecule has 0 aliphatic rings. The highest BCUT2D eigenvalue weighted by Gasteiger charge is 2.12. The van der Waals surface area contributed by atoms with Gasteiger partial charge >= 0.3 is 5.69 Å². The molecule has 3 aromatic carbocycles. The summed E-state index contributed by atoms with van der Waals surface area (Å²) in [5.74, 6) is -0.763. The van der Waals surface area contributed by atoms with E-state index >= 15 is 0 Å². The lowest BCUT2D eigenvalue weighted by Gasteiger charge is -2.07. The fraction of sp³-hybridized carbons (Fsp3) is 0.0526. The van der Waals surface area contributed by atoms with Crippen LogP contribution in [-0.2, 0) is 11.2 Å². The number of nitrogens with zero attached hydrogens (tertiary/aromatic N) is 2. The third-order valence-electron chi connectivity index (χ3n) is 3.91. The van der Waals surface area contributed by atoms with Crippen LogP contribution in [0.25, 0.3) is 10.8 Å². The van der Waals surface area contributed by atoms with E-state index in [-0.39, 0.29) is 12.3 Å². The average molecular weight is 428 g/mol. The number of hydrogen-bond acceptors (Lipinski definition) is 5. The summed E-state index contributed by atoms with van der Waals surface area (Å²) in [5, 5.41) is 26.1. The third-order valence-corrected chi connectivity index (χ3v) is 4.60. The number of aromatic hydroxyl groups is 1. The molecule has 0 unspecified atom stereocenters. The number of phenolic OH excluding ortho intramolecular Hbond substituents is 1. The molecule has 8 heteroatoms. The molecule has 0 bridgehead atoms. The number of halogens is 1. The van der Waals surface area contributed by atoms with E-state index in [4.69, 9.17) is 0 Å². The Balaban J connectivity index is 1.69. The quantitative estimate of drug-likeness (QED) is 0.365. The third kappa shape index (κ3) is 4.29. The minimum absolute atomic E-state index is 0.149. The Labute approximate surface area is 162 Å². The van der Waals surface area contributed by atoms with Crippen molar-refractivity contribution in [2.75, 3.05) is 0 Å². The van der Waals surface area contributed by atoms with E-state index in [1.807, 2.05) is 36.4 Å². The van der Waals surface area contributed by atoms with Gasteiger partial charge in [0, 0.05) is 10.5 Å². The number of nitro benzene ring substituents is 1. The van der Waals surface area contributed by atoms with E-state index in [0.29, 0.717) is 5.56 Å². The van der Waals surface area contributed by atoms with Crippen molar-refractivity contribution in [3.8, 4) is 5.75 Å². The molecule has 0 saturated carbocycles. The number of carbonyl (C=O) groups excluding carboxylic acids is 1. The Kier molecular flexibility index (Phi) is 5.46. The molecule has 27 heavy (non-hydrogen) atoms. The Morgan fingerprint density at radius 1 is 1.19 bits per heavy atom. The number of benzene rings is 3. The van der Waals surface area contributed by atoms with Crippen LogP contribution in [0.4, 0.5) is 5.69 Å². The molecule has 0 saturated heterocycles. The predicted octanol–water partition coefficient (Wildman–Crippen LogP) is 3.91. The first-order chi connectivity index (χ1) is 13.0. The zero-order valence-electron chi connectivity index (χ0n) is 13.9. The molecule has 1 amide bonds. The fourth-order valence-corrected chi connectivity index (χ4v) is 3.12. The minimum atomic E-state index is -0.680. The molecule has 3 rings (SSSR count). The van der Waals surface area contributed by atoms with Gasteiger partial charge in [0.25, 0.3) is 0 Å². The van der Waals surface area contributed by atoms with Gasteiger partial charge in [0.15, 0.2) is 5.75 Å². The molecule has 0 fully saturated rings. The lowest BCUT2D eigenvalue weighted by Crippen LogP contribution is -2.19. The van der Waals surface area contributed by atoms with Crippen LogP contribution in [0.3, 0.4) is 0 Å². The van der Waals surface area contributed by atoms with Gasteiger partial charge in [-0.15, -0.1) is 0 Å². The van der Waals surface area contributed by atoms with Gasteiger partial charge in [-0.3, -0.25) is 14.9 Å². The standard InChI is InChI=1S/C19H14BrN3O4/c20-16-7-6-13(14-3-1-2-4-15(14)16)10-19(25)22-21-11-12-5-8-17(23(26)27)18(24)9-12/h1-9,11,24H,10H2,(H,22,25)/b21-11+. The van der Waals surface area contributed by atoms with Crippen LogP contribution in [0.1, 0.15) is 11.1 Å². The Morgan fingerprint density at radius 2 is 1.93 bits per heavy atom. The molecular formula is C19H14BrN3O4. The van der Waals surface area contributed by atoms with E-state index in [2.05, 4.69) is 26.5 Å². The van der Waals surface area contributed by atoms with Gasteiger partial charge in [0.1, 0.15) is 0 Å². The number of fused-ring (bicyclic) bond motifs is 1. The molecule has 2 N–H and O–H groups in total. The predicted molar refractivity (Wildman–Crippen MR) is 106 cm³/mol. The first-order valence-corrected chi connectivity index (χ1v) is 8.70. The van der Waals surface area contributed by atoms with E-state index in [9.17, 15) is 20.0 Å². The molecule has 0 aliphatic heterocycles. The average Bonchev–Trinajstić information content (AvgIpc) is 2.64. The molecule has 0 spiro atoms. The van der Waals surface area contributed by atoms with Crippen LogP contribution >= 0.6 is 15.9 Å². The van der Waals surface area contributed by atoms with Crippen LogP contribution in [0, 0.1) is 10.1 Å². The summed E-state index contributed by atoms with van der Waals surface area (Å²) in [5.41, 5.74) is 3.32. The number of hydrogen-bond donors (Lipinski definition) is 2. The highest BCUT2D eigenvalue weighted by Crippen LogP contribution is 2.27. The molecule has 0 heterocycles. The zero-order chi connectivity index (χ0) is 19.4. The number of nitrogens with one attached hydrogen (secondary N) is 1. The molecule has 0 aromatic heterocycles. The highest BCUT2D eigenvalue weighted by molar-refractivity contribution is 9.10. The van der Waals surface area contributed by atoms with Crippen LogP contribution in [-0.4, -0.2) is 22.2 Å². The largest absolute Gasteiger partial charge is 0.502 e. The number of amides is 1. The molecule has 0 radical (unpaired) electrons. The summed E-state index contributed by atoms with van der Waals surface area (Å²) in [6, 6.07) is 15.3. The van der Waals surface area contributed by atoms with Gasteiger partial charge in [0.2, 0.25) is 5.91 Å². The van der Waals surface area contributed by atoms with Gasteiger partial charge in [0.05, 0.1) is 17.6 Å². The summed E-state index contributed by atoms with van der Waals surface area (Å²) >= 11 is 3.50. The van der Waals surface area contributed by atoms with Crippen molar-refractivity contribution in [2.45, 2.75) is 6.42 Å². The highest BCUT2D eigenvalue weighted by atomic mass is 79.9. The number of carbonyl (C=O) groups is 1. The molecular weight excluding hydrogens is 414 g/mol. The van der Waals surface area contributed by atoms with Gasteiger partial charge in [-0.25, -0.2) is 5.43 Å². The first-order valence-electron chi connectivity index (χ1n) is 7.91. The van der Waals surface area contributed by atoms with Crippen LogP contribution < -0.4 is 5.43 Å². The second-order valence-corrected chi connectivity index (χ2v) is 6.58. The van der Waals surface area contributed by atoms with Crippen LogP contribution in [0.2, 0.25) is 0 Å². The van der Waals surface area contributed by atoms with Gasteiger partial charge < -0.3 is 5.11 Å². The van der Waals surface area contributed by atoms with Crippen molar-refractivity contribution in [3.05, 3.63) is 80.3 Å². The van der Waals surface area contributed by atoms with E-state index in [1.54, 1.807) is 0 Å². The monoisotopic (exact) mass is 427 g/mol. The second-order valence-electron chi connectivity index (χ2n) is 5.73. The number of hydrazone groups is 1. The van der Waals surface area contributed by atoms with Crippen molar-refractivity contribution in [1.29, 1.82) is 0 Å². The first kappa shape index (κ1) is 18.5. The summed E-state index contributed by atoms with van der Waals surface area (Å²) in [6.07, 6.45) is 1.46. The van der Waals surface area contributed by atoms with Gasteiger partial charge in [-0.05, 0) is 40.1 Å². The lowest BCUT2D eigenvalue weighted by molar-refractivity contribution is -0.385. The maximum Gasteiger partial charge on any atom is 0.310 e. The van der Waals surface area contributed by atoms with E-state index < -0.39 is 16.4 Å². The lowest BCUT2D eigenvalue weighted by atomic mass is 10.0. The Bertz CT molecular complexity index is 1070. The normalized spacial score (nSPS) is 11.0. The Morgan fingerprint density at radius 3 is 2.63 bits per heavy atom. The smallest absolute Gasteiger partial charge is 0.310 e. The maximum absolute atomic E-state index is 12.2. The number of rotatable bonds is 5. The van der Waals surface area contributed by atoms with Gasteiger partial charge in [-0.1, -0.05) is 46.3 Å². The van der Waals surface area contributed by atoms with Crippen molar-refractivity contribution < 1.29 is 14.8 Å². The van der Waals surface area contributed by atoms with Crippen molar-refractivity contribution >= 4 is 44.5 Å². The van der Waals surface area contributed by atoms with Crippen LogP contribution in [0.15, 0.2) is 64.2 Å². The SMILES string of the molecule is O=C(Cc1ccc(Br)c2ccccc12)N/N=C/c1ccc([N+](=O)[O-])c(O)c1. The molecule has 3 aromatic rings. The summed E-state index contributed by atoms with van der Waals surface area (Å²) in [4.78, 5) is 22.2. The molecule has 0 aliphatic carbocycles. The molecule has 7 nitrogen and oxygen atoms in total. The summed E-state index contributed by atoms with van der Waals surface area (Å²) in [7, 11) is 0. The molecule has 136 valence electrons. The summed E-state index contributed by atoms with van der Waals surface area (Å²) in [6.45, 7) is 0. The maximum atomic E-state index is 12.2. The van der Waals surface area contributed by atoms with Crippen molar-refractivity contribution in [2.24, 2.45) is 5.10 Å². The molecule has 0 atom stereocenters. The van der Waals surface area contributed by atoms with Gasteiger partial charge in [-0.2, -0.15) is 5.10 Å². The number of nitro groups is 1. The minimum Gasteiger partial charge on any atom is -0.502 e. The fourth-order valence-electron chi connectivity index (χ4n) is 2.65. The number of phenols is 1. The Hall–Kier alpha value is -3.26. The summed E-state index contributed by atoms with van der Waals surface area (Å²) < 4.78 is 0.957. The van der Waals surface area contributed by atoms with Crippen molar-refractivity contribution in [1.82, 2.24) is 5.43 Å².